The van der Waals surface area contributed by atoms with Gasteiger partial charge in [0.15, 0.2) is 0 Å². The standard InChI is InChI=1S/C14H13O5P/c1-10-6-2-3-7-11(10)14(15)19-12-8-4-5-9-13(12)20(16,17)18/h2-9H,1H3,(H2,16,17,18). The van der Waals surface area contributed by atoms with Gasteiger partial charge in [0.2, 0.25) is 0 Å². The molecule has 0 saturated heterocycles. The smallest absolute Gasteiger partial charge is 0.359 e. The Morgan fingerprint density at radius 3 is 2.30 bits per heavy atom. The molecule has 0 aliphatic rings. The molecule has 0 aliphatic carbocycles. The fourth-order valence-electron chi connectivity index (χ4n) is 1.74. The average Bonchev–Trinajstić information content (AvgIpc) is 2.38. The average molecular weight is 292 g/mol. The van der Waals surface area contributed by atoms with Gasteiger partial charge in [0.1, 0.15) is 11.1 Å². The van der Waals surface area contributed by atoms with Crippen molar-refractivity contribution in [1.29, 1.82) is 0 Å². The van der Waals surface area contributed by atoms with E-state index in [-0.39, 0.29) is 11.1 Å². The minimum Gasteiger partial charge on any atom is -0.422 e. The summed E-state index contributed by atoms with van der Waals surface area (Å²) in [7, 11) is -4.49. The van der Waals surface area contributed by atoms with Crippen molar-refractivity contribution in [1.82, 2.24) is 0 Å². The molecule has 0 aromatic heterocycles. The van der Waals surface area contributed by atoms with Crippen molar-refractivity contribution in [3.8, 4) is 5.75 Å². The third-order valence-electron chi connectivity index (χ3n) is 2.75. The molecule has 6 heteroatoms. The van der Waals surface area contributed by atoms with E-state index in [0.29, 0.717) is 5.56 Å². The summed E-state index contributed by atoms with van der Waals surface area (Å²) in [6.07, 6.45) is 0. The Kier molecular flexibility index (Phi) is 4.04. The van der Waals surface area contributed by atoms with Gasteiger partial charge in [0, 0.05) is 0 Å². The third-order valence-corrected chi connectivity index (χ3v) is 3.74. The SMILES string of the molecule is Cc1ccccc1C(=O)Oc1ccccc1P(=O)(O)O. The highest BCUT2D eigenvalue weighted by molar-refractivity contribution is 7.60. The Hall–Kier alpha value is -1.94. The number of rotatable bonds is 3. The van der Waals surface area contributed by atoms with E-state index in [9.17, 15) is 19.1 Å². The molecule has 0 amide bonds. The van der Waals surface area contributed by atoms with Crippen LogP contribution in [0.2, 0.25) is 0 Å². The van der Waals surface area contributed by atoms with Gasteiger partial charge in [-0.05, 0) is 30.7 Å². The minimum atomic E-state index is -4.49. The lowest BCUT2D eigenvalue weighted by Gasteiger charge is -2.11. The zero-order chi connectivity index (χ0) is 14.8. The topological polar surface area (TPSA) is 83.8 Å². The molecule has 0 bridgehead atoms. The summed E-state index contributed by atoms with van der Waals surface area (Å²) in [5.74, 6) is -0.780. The summed E-state index contributed by atoms with van der Waals surface area (Å²) in [4.78, 5) is 30.5. The summed E-state index contributed by atoms with van der Waals surface area (Å²) >= 11 is 0. The molecule has 0 radical (unpaired) electrons. The highest BCUT2D eigenvalue weighted by atomic mass is 31.2. The van der Waals surface area contributed by atoms with Gasteiger partial charge in [-0.15, -0.1) is 0 Å². The molecule has 2 aromatic rings. The van der Waals surface area contributed by atoms with E-state index < -0.39 is 13.6 Å². The lowest BCUT2D eigenvalue weighted by atomic mass is 10.1. The minimum absolute atomic E-state index is 0.130. The predicted octanol–water partition coefficient (Wildman–Crippen LogP) is 2.02. The van der Waals surface area contributed by atoms with E-state index in [2.05, 4.69) is 0 Å². The maximum atomic E-state index is 12.0. The molecule has 2 rings (SSSR count). The summed E-state index contributed by atoms with van der Waals surface area (Å²) in [5.41, 5.74) is 1.08. The quantitative estimate of drug-likeness (QED) is 0.513. The number of carbonyl (C=O) groups excluding carboxylic acids is 1. The molecule has 0 atom stereocenters. The first-order valence-corrected chi connectivity index (χ1v) is 7.44. The normalized spacial score (nSPS) is 11.2. The summed E-state index contributed by atoms with van der Waals surface area (Å²) in [6.45, 7) is 1.76. The monoisotopic (exact) mass is 292 g/mol. The molecule has 0 spiro atoms. The summed E-state index contributed by atoms with van der Waals surface area (Å²) in [5, 5.41) is -0.304. The summed E-state index contributed by atoms with van der Waals surface area (Å²) in [6, 6.07) is 12.4. The van der Waals surface area contributed by atoms with Gasteiger partial charge < -0.3 is 14.5 Å². The molecule has 0 fully saturated rings. The third kappa shape index (κ3) is 3.14. The van der Waals surface area contributed by atoms with Crippen LogP contribution in [0.5, 0.6) is 5.75 Å². The zero-order valence-electron chi connectivity index (χ0n) is 10.7. The molecule has 20 heavy (non-hydrogen) atoms. The fraction of sp³-hybridized carbons (Fsp3) is 0.0714. The molecule has 5 nitrogen and oxygen atoms in total. The number of esters is 1. The number of para-hydroxylation sites is 1. The van der Waals surface area contributed by atoms with Gasteiger partial charge in [-0.25, -0.2) is 4.79 Å². The van der Waals surface area contributed by atoms with E-state index in [1.807, 2.05) is 0 Å². The highest BCUT2D eigenvalue weighted by Gasteiger charge is 2.24. The first-order chi connectivity index (χ1) is 9.39. The van der Waals surface area contributed by atoms with Crippen LogP contribution in [0.15, 0.2) is 48.5 Å². The van der Waals surface area contributed by atoms with E-state index >= 15 is 0 Å². The molecular formula is C14H13O5P. The Morgan fingerprint density at radius 2 is 1.65 bits per heavy atom. The first-order valence-electron chi connectivity index (χ1n) is 5.82. The van der Waals surface area contributed by atoms with Crippen LogP contribution in [0.25, 0.3) is 0 Å². The molecule has 0 saturated carbocycles. The van der Waals surface area contributed by atoms with Crippen molar-refractivity contribution in [2.24, 2.45) is 0 Å². The van der Waals surface area contributed by atoms with Crippen molar-refractivity contribution in [3.63, 3.8) is 0 Å². The van der Waals surface area contributed by atoms with Crippen LogP contribution >= 0.6 is 7.60 Å². The van der Waals surface area contributed by atoms with E-state index in [4.69, 9.17) is 4.74 Å². The van der Waals surface area contributed by atoms with Gasteiger partial charge in [-0.1, -0.05) is 30.3 Å². The molecule has 0 unspecified atom stereocenters. The lowest BCUT2D eigenvalue weighted by molar-refractivity contribution is 0.0735. The largest absolute Gasteiger partial charge is 0.422 e. The number of hydrogen-bond donors (Lipinski definition) is 2. The van der Waals surface area contributed by atoms with E-state index in [1.165, 1.54) is 18.2 Å². The van der Waals surface area contributed by atoms with Crippen LogP contribution in [-0.2, 0) is 4.57 Å². The maximum absolute atomic E-state index is 12.0. The second kappa shape index (κ2) is 5.59. The van der Waals surface area contributed by atoms with Crippen molar-refractivity contribution < 1.29 is 23.9 Å². The number of aryl methyl sites for hydroxylation is 1. The van der Waals surface area contributed by atoms with Crippen LogP contribution in [0.1, 0.15) is 15.9 Å². The Bertz CT molecular complexity index is 689. The number of hydrogen-bond acceptors (Lipinski definition) is 3. The van der Waals surface area contributed by atoms with Crippen LogP contribution in [0, 0.1) is 6.92 Å². The molecule has 2 N–H and O–H groups in total. The fourth-order valence-corrected chi connectivity index (χ4v) is 2.43. The highest BCUT2D eigenvalue weighted by Crippen LogP contribution is 2.37. The van der Waals surface area contributed by atoms with Gasteiger partial charge in [0.25, 0.3) is 0 Å². The molecule has 0 aliphatic heterocycles. The summed E-state index contributed by atoms with van der Waals surface area (Å²) < 4.78 is 16.4. The molecular weight excluding hydrogens is 279 g/mol. The van der Waals surface area contributed by atoms with E-state index in [1.54, 1.807) is 37.3 Å². The number of carbonyl (C=O) groups is 1. The number of benzene rings is 2. The predicted molar refractivity (Wildman–Crippen MR) is 74.3 cm³/mol. The Balaban J connectivity index is 2.34. The lowest BCUT2D eigenvalue weighted by Crippen LogP contribution is -2.16. The van der Waals surface area contributed by atoms with Crippen LogP contribution in [0.4, 0.5) is 0 Å². The molecule has 0 heterocycles. The zero-order valence-corrected chi connectivity index (χ0v) is 11.6. The van der Waals surface area contributed by atoms with E-state index in [0.717, 1.165) is 5.56 Å². The first kappa shape index (κ1) is 14.5. The second-order valence-electron chi connectivity index (χ2n) is 4.22. The van der Waals surface area contributed by atoms with Gasteiger partial charge in [0.05, 0.1) is 5.56 Å². The van der Waals surface area contributed by atoms with Crippen molar-refractivity contribution in [2.45, 2.75) is 6.92 Å². The van der Waals surface area contributed by atoms with Crippen molar-refractivity contribution in [3.05, 3.63) is 59.7 Å². The van der Waals surface area contributed by atoms with Crippen LogP contribution in [-0.4, -0.2) is 15.8 Å². The molecule has 2 aromatic carbocycles. The van der Waals surface area contributed by atoms with Crippen LogP contribution in [0.3, 0.4) is 0 Å². The second-order valence-corrected chi connectivity index (χ2v) is 5.79. The molecule has 104 valence electrons. The van der Waals surface area contributed by atoms with Crippen molar-refractivity contribution >= 4 is 18.9 Å². The van der Waals surface area contributed by atoms with Crippen molar-refractivity contribution in [2.75, 3.05) is 0 Å². The Labute approximate surface area is 116 Å². The maximum Gasteiger partial charge on any atom is 0.359 e. The van der Waals surface area contributed by atoms with Gasteiger partial charge in [-0.2, -0.15) is 0 Å². The van der Waals surface area contributed by atoms with Crippen LogP contribution < -0.4 is 10.0 Å². The Morgan fingerprint density at radius 1 is 1.05 bits per heavy atom. The van der Waals surface area contributed by atoms with Gasteiger partial charge >= 0.3 is 13.6 Å². The number of ether oxygens (including phenoxy) is 1. The van der Waals surface area contributed by atoms with Gasteiger partial charge in [-0.3, -0.25) is 4.57 Å².